The molecule has 0 amide bonds. The molecule has 0 aromatic carbocycles. The van der Waals surface area contributed by atoms with E-state index < -0.39 is 0 Å². The molecule has 1 saturated heterocycles. The second-order valence-electron chi connectivity index (χ2n) is 5.28. The maximum absolute atomic E-state index is 5.91. The van der Waals surface area contributed by atoms with Crippen molar-refractivity contribution < 1.29 is 0 Å². The highest BCUT2D eigenvalue weighted by Crippen LogP contribution is 2.43. The molecule has 0 aromatic heterocycles. The van der Waals surface area contributed by atoms with Gasteiger partial charge in [0, 0.05) is 18.6 Å². The van der Waals surface area contributed by atoms with Gasteiger partial charge in [0.05, 0.1) is 0 Å². The van der Waals surface area contributed by atoms with Crippen LogP contribution in [0.1, 0.15) is 33.1 Å². The topological polar surface area (TPSA) is 29.3 Å². The number of likely N-dealkylation sites (tertiary alicyclic amines) is 1. The first-order valence-corrected chi connectivity index (χ1v) is 5.61. The predicted molar refractivity (Wildman–Crippen MR) is 55.5 cm³/mol. The Labute approximate surface area is 81.5 Å². The fourth-order valence-corrected chi connectivity index (χ4v) is 3.16. The monoisotopic (exact) mass is 182 g/mol. The maximum atomic E-state index is 5.91. The van der Waals surface area contributed by atoms with E-state index >= 15 is 0 Å². The lowest BCUT2D eigenvalue weighted by Gasteiger charge is -2.52. The summed E-state index contributed by atoms with van der Waals surface area (Å²) in [4.78, 5) is 2.65. The normalized spacial score (nSPS) is 46.4. The number of hydrogen-bond acceptors (Lipinski definition) is 2. The molecule has 13 heavy (non-hydrogen) atoms. The lowest BCUT2D eigenvalue weighted by Crippen LogP contribution is -2.60. The van der Waals surface area contributed by atoms with E-state index in [1.807, 2.05) is 0 Å². The van der Waals surface area contributed by atoms with Crippen molar-refractivity contribution in [3.8, 4) is 0 Å². The average Bonchev–Trinajstić information content (AvgIpc) is 2.46. The zero-order chi connectivity index (χ0) is 9.47. The number of hydrogen-bond donors (Lipinski definition) is 1. The van der Waals surface area contributed by atoms with Crippen LogP contribution in [0.2, 0.25) is 0 Å². The van der Waals surface area contributed by atoms with Crippen LogP contribution in [0.5, 0.6) is 0 Å². The van der Waals surface area contributed by atoms with Gasteiger partial charge in [-0.05, 0) is 37.6 Å². The predicted octanol–water partition coefficient (Wildman–Crippen LogP) is 1.46. The Morgan fingerprint density at radius 1 is 1.31 bits per heavy atom. The lowest BCUT2D eigenvalue weighted by molar-refractivity contribution is 0.00184. The second-order valence-corrected chi connectivity index (χ2v) is 5.28. The van der Waals surface area contributed by atoms with Crippen LogP contribution in [-0.4, -0.2) is 30.1 Å². The Balaban J connectivity index is 1.98. The number of nitrogens with two attached hydrogens (primary N) is 1. The van der Waals surface area contributed by atoms with E-state index in [2.05, 4.69) is 18.7 Å². The molecule has 1 unspecified atom stereocenters. The van der Waals surface area contributed by atoms with Gasteiger partial charge in [0.1, 0.15) is 0 Å². The van der Waals surface area contributed by atoms with E-state index in [0.29, 0.717) is 5.54 Å². The Kier molecular flexibility index (Phi) is 2.37. The van der Waals surface area contributed by atoms with E-state index in [1.165, 1.54) is 32.4 Å². The minimum atomic E-state index is 0.407. The molecule has 2 aliphatic rings. The van der Waals surface area contributed by atoms with Crippen LogP contribution in [-0.2, 0) is 0 Å². The van der Waals surface area contributed by atoms with Gasteiger partial charge in [-0.25, -0.2) is 0 Å². The van der Waals surface area contributed by atoms with Crippen molar-refractivity contribution in [2.24, 2.45) is 17.6 Å². The van der Waals surface area contributed by atoms with Crippen LogP contribution in [0.3, 0.4) is 0 Å². The molecule has 0 spiro atoms. The van der Waals surface area contributed by atoms with Gasteiger partial charge >= 0.3 is 0 Å². The van der Waals surface area contributed by atoms with Gasteiger partial charge in [0.2, 0.25) is 0 Å². The lowest BCUT2D eigenvalue weighted by atomic mass is 9.68. The molecule has 2 N–H and O–H groups in total. The number of nitrogens with zero attached hydrogens (tertiary/aromatic N) is 1. The van der Waals surface area contributed by atoms with Crippen LogP contribution in [0, 0.1) is 11.8 Å². The Morgan fingerprint density at radius 3 is 2.38 bits per heavy atom. The Morgan fingerprint density at radius 2 is 2.00 bits per heavy atom. The largest absolute Gasteiger partial charge is 0.329 e. The zero-order valence-corrected chi connectivity index (χ0v) is 8.92. The highest BCUT2D eigenvalue weighted by molar-refractivity contribution is 5.03. The summed E-state index contributed by atoms with van der Waals surface area (Å²) in [5.41, 5.74) is 6.32. The molecule has 1 saturated carbocycles. The van der Waals surface area contributed by atoms with E-state index in [1.54, 1.807) is 0 Å². The molecular formula is C11H22N2. The summed E-state index contributed by atoms with van der Waals surface area (Å²) in [6.07, 6.45) is 4.03. The highest BCUT2D eigenvalue weighted by atomic mass is 15.2. The van der Waals surface area contributed by atoms with Crippen LogP contribution in [0.25, 0.3) is 0 Å². The molecule has 2 nitrogen and oxygen atoms in total. The molecule has 1 aliphatic carbocycles. The summed E-state index contributed by atoms with van der Waals surface area (Å²) >= 11 is 0. The SMILES string of the molecule is CC1CCN(C2(CN)CC(C)C2)C1. The standard InChI is InChI=1S/C11H22N2/c1-9-3-4-13(7-9)11(8-12)5-10(2)6-11/h9-10H,3-8,12H2,1-2H3. The van der Waals surface area contributed by atoms with Gasteiger partial charge in [-0.2, -0.15) is 0 Å². The fourth-order valence-electron chi connectivity index (χ4n) is 3.16. The summed E-state index contributed by atoms with van der Waals surface area (Å²) in [7, 11) is 0. The summed E-state index contributed by atoms with van der Waals surface area (Å²) in [5, 5.41) is 0. The van der Waals surface area contributed by atoms with Gasteiger partial charge < -0.3 is 5.73 Å². The molecule has 1 heterocycles. The molecule has 76 valence electrons. The van der Waals surface area contributed by atoms with Gasteiger partial charge in [0.15, 0.2) is 0 Å². The summed E-state index contributed by atoms with van der Waals surface area (Å²) in [5.74, 6) is 1.79. The van der Waals surface area contributed by atoms with Crippen LogP contribution < -0.4 is 5.73 Å². The maximum Gasteiger partial charge on any atom is 0.0336 e. The first kappa shape index (κ1) is 9.47. The molecule has 0 aromatic rings. The van der Waals surface area contributed by atoms with Crippen molar-refractivity contribution in [1.29, 1.82) is 0 Å². The zero-order valence-electron chi connectivity index (χ0n) is 8.92. The highest BCUT2D eigenvalue weighted by Gasteiger charge is 2.46. The van der Waals surface area contributed by atoms with Crippen molar-refractivity contribution in [1.82, 2.24) is 4.90 Å². The summed E-state index contributed by atoms with van der Waals surface area (Å²) in [6, 6.07) is 0. The third kappa shape index (κ3) is 1.50. The van der Waals surface area contributed by atoms with Crippen molar-refractivity contribution in [3.63, 3.8) is 0 Å². The van der Waals surface area contributed by atoms with Crippen molar-refractivity contribution in [2.75, 3.05) is 19.6 Å². The number of rotatable bonds is 2. The molecule has 1 atom stereocenters. The van der Waals surface area contributed by atoms with Crippen molar-refractivity contribution >= 4 is 0 Å². The molecule has 0 bridgehead atoms. The molecule has 0 radical (unpaired) electrons. The van der Waals surface area contributed by atoms with Crippen molar-refractivity contribution in [2.45, 2.75) is 38.6 Å². The molecule has 2 rings (SSSR count). The van der Waals surface area contributed by atoms with Crippen LogP contribution >= 0.6 is 0 Å². The molecule has 2 heteroatoms. The summed E-state index contributed by atoms with van der Waals surface area (Å²) in [6.45, 7) is 8.12. The molecular weight excluding hydrogens is 160 g/mol. The molecule has 2 fully saturated rings. The third-order valence-corrected chi connectivity index (χ3v) is 3.93. The van der Waals surface area contributed by atoms with E-state index in [9.17, 15) is 0 Å². The van der Waals surface area contributed by atoms with Gasteiger partial charge in [-0.1, -0.05) is 13.8 Å². The molecule has 1 aliphatic heterocycles. The minimum absolute atomic E-state index is 0.407. The van der Waals surface area contributed by atoms with Crippen molar-refractivity contribution in [3.05, 3.63) is 0 Å². The quantitative estimate of drug-likeness (QED) is 0.700. The smallest absolute Gasteiger partial charge is 0.0336 e. The first-order valence-electron chi connectivity index (χ1n) is 5.61. The van der Waals surface area contributed by atoms with Crippen LogP contribution in [0.4, 0.5) is 0 Å². The van der Waals surface area contributed by atoms with Gasteiger partial charge in [0.25, 0.3) is 0 Å². The van der Waals surface area contributed by atoms with Gasteiger partial charge in [-0.3, -0.25) is 4.90 Å². The summed E-state index contributed by atoms with van der Waals surface area (Å²) < 4.78 is 0. The van der Waals surface area contributed by atoms with Gasteiger partial charge in [-0.15, -0.1) is 0 Å². The Bertz CT molecular complexity index is 185. The first-order chi connectivity index (χ1) is 6.16. The Hall–Kier alpha value is -0.0800. The second kappa shape index (κ2) is 3.25. The minimum Gasteiger partial charge on any atom is -0.329 e. The average molecular weight is 182 g/mol. The third-order valence-electron chi connectivity index (χ3n) is 3.93. The van der Waals surface area contributed by atoms with Crippen LogP contribution in [0.15, 0.2) is 0 Å². The van der Waals surface area contributed by atoms with E-state index in [4.69, 9.17) is 5.73 Å². The van der Waals surface area contributed by atoms with E-state index in [-0.39, 0.29) is 0 Å². The van der Waals surface area contributed by atoms with E-state index in [0.717, 1.165) is 18.4 Å². The fraction of sp³-hybridized carbons (Fsp3) is 1.00.